The van der Waals surface area contributed by atoms with Crippen molar-refractivity contribution in [3.63, 3.8) is 0 Å². The Hall–Kier alpha value is -3.27. The molecule has 0 spiro atoms. The average molecular weight is 297 g/mol. The number of pyridine rings is 3. The van der Waals surface area contributed by atoms with Crippen molar-refractivity contribution in [2.75, 3.05) is 0 Å². The van der Waals surface area contributed by atoms with E-state index in [0.29, 0.717) is 5.71 Å². The number of rotatable bonds is 1. The lowest BCUT2D eigenvalue weighted by atomic mass is 10.1. The Morgan fingerprint density at radius 1 is 0.783 bits per heavy atom. The smallest absolute Gasteiger partial charge is 0.228 e. The predicted octanol–water partition coefficient (Wildman–Crippen LogP) is 4.59. The molecule has 4 heterocycles. The first-order valence-electron chi connectivity index (χ1n) is 7.37. The highest BCUT2D eigenvalue weighted by molar-refractivity contribution is 6.04. The summed E-state index contributed by atoms with van der Waals surface area (Å²) in [5.74, 6) is 0. The van der Waals surface area contributed by atoms with Crippen LogP contribution in [0, 0.1) is 0 Å². The number of nitrogens with zero attached hydrogens (tertiary/aromatic N) is 3. The van der Waals surface area contributed by atoms with Gasteiger partial charge < -0.3 is 4.42 Å². The molecule has 23 heavy (non-hydrogen) atoms. The van der Waals surface area contributed by atoms with Crippen molar-refractivity contribution in [2.24, 2.45) is 0 Å². The van der Waals surface area contributed by atoms with Gasteiger partial charge in [-0.2, -0.15) is 0 Å². The summed E-state index contributed by atoms with van der Waals surface area (Å²) in [6.45, 7) is 0. The van der Waals surface area contributed by atoms with Crippen LogP contribution in [0.2, 0.25) is 0 Å². The quantitative estimate of drug-likeness (QED) is 0.454. The van der Waals surface area contributed by atoms with Crippen LogP contribution >= 0.6 is 0 Å². The maximum Gasteiger partial charge on any atom is 0.228 e. The molecule has 0 N–H and O–H groups in total. The zero-order valence-corrected chi connectivity index (χ0v) is 12.1. The van der Waals surface area contributed by atoms with E-state index in [9.17, 15) is 0 Å². The molecule has 4 aromatic heterocycles. The minimum absolute atomic E-state index is 0.611. The topological polar surface area (TPSA) is 51.8 Å². The normalized spacial score (nSPS) is 11.5. The van der Waals surface area contributed by atoms with Crippen molar-refractivity contribution in [3.05, 3.63) is 67.1 Å². The highest BCUT2D eigenvalue weighted by Crippen LogP contribution is 2.30. The van der Waals surface area contributed by atoms with E-state index >= 15 is 0 Å². The average Bonchev–Trinajstić information content (AvgIpc) is 2.99. The van der Waals surface area contributed by atoms with Crippen LogP contribution in [0.1, 0.15) is 0 Å². The molecule has 0 aliphatic heterocycles. The summed E-state index contributed by atoms with van der Waals surface area (Å²) in [6.07, 6.45) is 5.29. The molecule has 0 bridgehead atoms. The van der Waals surface area contributed by atoms with E-state index in [1.165, 1.54) is 0 Å². The lowest BCUT2D eigenvalue weighted by Gasteiger charge is -2.04. The van der Waals surface area contributed by atoms with Crippen LogP contribution in [0.4, 0.5) is 0 Å². The van der Waals surface area contributed by atoms with Gasteiger partial charge in [0.2, 0.25) is 5.71 Å². The minimum Gasteiger partial charge on any atom is -0.436 e. The van der Waals surface area contributed by atoms with Gasteiger partial charge in [-0.25, -0.2) is 4.98 Å². The van der Waals surface area contributed by atoms with Crippen LogP contribution in [0.5, 0.6) is 0 Å². The molecule has 0 unspecified atom stereocenters. The fraction of sp³-hybridized carbons (Fsp3) is 0. The van der Waals surface area contributed by atoms with Crippen molar-refractivity contribution in [1.82, 2.24) is 15.0 Å². The van der Waals surface area contributed by atoms with E-state index < -0.39 is 0 Å². The Morgan fingerprint density at radius 2 is 1.74 bits per heavy atom. The molecule has 4 heteroatoms. The third kappa shape index (κ3) is 1.82. The summed E-state index contributed by atoms with van der Waals surface area (Å²) in [7, 11) is 0. The fourth-order valence-corrected chi connectivity index (χ4v) is 2.97. The van der Waals surface area contributed by atoms with Gasteiger partial charge in [0.25, 0.3) is 0 Å². The van der Waals surface area contributed by atoms with E-state index in [-0.39, 0.29) is 0 Å². The van der Waals surface area contributed by atoms with Crippen molar-refractivity contribution < 1.29 is 4.42 Å². The van der Waals surface area contributed by atoms with Crippen molar-refractivity contribution in [3.8, 4) is 11.4 Å². The van der Waals surface area contributed by atoms with Crippen LogP contribution in [0.15, 0.2) is 71.5 Å². The highest BCUT2D eigenvalue weighted by atomic mass is 16.3. The number of aromatic nitrogens is 3. The molecule has 1 aromatic carbocycles. The van der Waals surface area contributed by atoms with Crippen LogP contribution < -0.4 is 0 Å². The molecule has 0 amide bonds. The molecule has 0 aliphatic carbocycles. The second-order valence-electron chi connectivity index (χ2n) is 5.40. The Labute approximate surface area is 131 Å². The number of benzene rings is 1. The van der Waals surface area contributed by atoms with Gasteiger partial charge in [-0.15, -0.1) is 0 Å². The van der Waals surface area contributed by atoms with Crippen LogP contribution in [0.25, 0.3) is 44.2 Å². The predicted molar refractivity (Wildman–Crippen MR) is 90.0 cm³/mol. The van der Waals surface area contributed by atoms with E-state index in [0.717, 1.165) is 38.5 Å². The van der Waals surface area contributed by atoms with Gasteiger partial charge in [0, 0.05) is 28.6 Å². The molecule has 0 saturated carbocycles. The van der Waals surface area contributed by atoms with Crippen LogP contribution in [0.3, 0.4) is 0 Å². The van der Waals surface area contributed by atoms with Crippen molar-refractivity contribution in [1.29, 1.82) is 0 Å². The summed E-state index contributed by atoms with van der Waals surface area (Å²) in [5, 5.41) is 4.25. The molecule has 5 aromatic rings. The fourth-order valence-electron chi connectivity index (χ4n) is 2.97. The van der Waals surface area contributed by atoms with E-state index in [2.05, 4.69) is 27.1 Å². The van der Waals surface area contributed by atoms with Gasteiger partial charge in [0.05, 0.1) is 17.6 Å². The zero-order valence-electron chi connectivity index (χ0n) is 12.1. The zero-order chi connectivity index (χ0) is 15.2. The van der Waals surface area contributed by atoms with Crippen molar-refractivity contribution >= 4 is 32.8 Å². The first-order chi connectivity index (χ1) is 11.4. The summed E-state index contributed by atoms with van der Waals surface area (Å²) in [6, 6.07) is 16.1. The van der Waals surface area contributed by atoms with Gasteiger partial charge in [0.15, 0.2) is 5.58 Å². The second-order valence-corrected chi connectivity index (χ2v) is 5.40. The Morgan fingerprint density at radius 3 is 2.74 bits per heavy atom. The highest BCUT2D eigenvalue weighted by Gasteiger charge is 2.11. The van der Waals surface area contributed by atoms with Gasteiger partial charge in [-0.1, -0.05) is 24.3 Å². The summed E-state index contributed by atoms with van der Waals surface area (Å²) >= 11 is 0. The number of furan rings is 1. The van der Waals surface area contributed by atoms with Gasteiger partial charge in [-0.3, -0.25) is 9.97 Å². The first kappa shape index (κ1) is 12.3. The third-order valence-corrected chi connectivity index (χ3v) is 4.06. The third-order valence-electron chi connectivity index (χ3n) is 4.06. The van der Waals surface area contributed by atoms with E-state index in [4.69, 9.17) is 4.42 Å². The maximum atomic E-state index is 5.83. The lowest BCUT2D eigenvalue weighted by Crippen LogP contribution is -1.89. The van der Waals surface area contributed by atoms with E-state index in [1.807, 2.05) is 42.6 Å². The van der Waals surface area contributed by atoms with Gasteiger partial charge in [0.1, 0.15) is 0 Å². The number of hydrogen-bond donors (Lipinski definition) is 0. The van der Waals surface area contributed by atoms with Crippen LogP contribution in [-0.2, 0) is 0 Å². The molecule has 4 nitrogen and oxygen atoms in total. The summed E-state index contributed by atoms with van der Waals surface area (Å²) in [5.41, 5.74) is 3.03. The monoisotopic (exact) mass is 297 g/mol. The summed E-state index contributed by atoms with van der Waals surface area (Å²) < 4.78 is 5.83. The number of hydrogen-bond acceptors (Lipinski definition) is 4. The van der Waals surface area contributed by atoms with Gasteiger partial charge >= 0.3 is 0 Å². The second kappa shape index (κ2) is 4.61. The molecule has 0 fully saturated rings. The van der Waals surface area contributed by atoms with E-state index in [1.54, 1.807) is 12.4 Å². The molecule has 0 saturated heterocycles. The Balaban J connectivity index is 1.81. The minimum atomic E-state index is 0.611. The molecular weight excluding hydrogens is 286 g/mol. The Bertz CT molecular complexity index is 1170. The molecular formula is C19H11N3O. The molecule has 0 atom stereocenters. The molecule has 0 aliphatic rings. The van der Waals surface area contributed by atoms with Crippen LogP contribution in [-0.4, -0.2) is 15.0 Å². The SMILES string of the molecule is c1ccc2c(-c3ccc4c(n3)oc3cnccc34)nccc2c1. The Kier molecular flexibility index (Phi) is 2.46. The van der Waals surface area contributed by atoms with Gasteiger partial charge in [-0.05, 0) is 29.7 Å². The lowest BCUT2D eigenvalue weighted by molar-refractivity contribution is 0.652. The standard InChI is InChI=1S/C19H11N3O/c1-2-4-13-12(3-1)7-10-21-18(13)16-6-5-15-14-8-9-20-11-17(14)23-19(15)22-16/h1-11H. The maximum absolute atomic E-state index is 5.83. The molecule has 5 rings (SSSR count). The largest absolute Gasteiger partial charge is 0.436 e. The number of fused-ring (bicyclic) bond motifs is 4. The molecule has 108 valence electrons. The van der Waals surface area contributed by atoms with Crippen molar-refractivity contribution in [2.45, 2.75) is 0 Å². The summed E-state index contributed by atoms with van der Waals surface area (Å²) in [4.78, 5) is 13.3. The first-order valence-corrected chi connectivity index (χ1v) is 7.37. The molecule has 0 radical (unpaired) electrons.